The van der Waals surface area contributed by atoms with Crippen molar-refractivity contribution in [3.63, 3.8) is 0 Å². The van der Waals surface area contributed by atoms with Crippen LogP contribution in [0.25, 0.3) is 0 Å². The van der Waals surface area contributed by atoms with Crippen LogP contribution in [0.3, 0.4) is 0 Å². The molecule has 17 heavy (non-hydrogen) atoms. The molecule has 0 aromatic rings. The Morgan fingerprint density at radius 3 is 2.06 bits per heavy atom. The van der Waals surface area contributed by atoms with Crippen LogP contribution < -0.4 is 5.32 Å². The van der Waals surface area contributed by atoms with E-state index in [-0.39, 0.29) is 11.8 Å². The van der Waals surface area contributed by atoms with Crippen molar-refractivity contribution in [3.8, 4) is 0 Å². The lowest BCUT2D eigenvalue weighted by Crippen LogP contribution is -2.57. The van der Waals surface area contributed by atoms with Crippen LogP contribution in [0.2, 0.25) is 0 Å². The van der Waals surface area contributed by atoms with Gasteiger partial charge in [0.15, 0.2) is 0 Å². The standard InChI is InChI=1S/C13H21NO3/c1-12(2,11(16)17)13(3,4)14-10(15)9-7-5-6-8-9/h5-6,9H,7-8H2,1-4H3,(H,14,15)(H,16,17). The SMILES string of the molecule is CC(C)(NC(=O)C1CC=CC1)C(C)(C)C(=O)O. The molecule has 0 aliphatic heterocycles. The van der Waals surface area contributed by atoms with Crippen molar-refractivity contribution in [1.82, 2.24) is 5.32 Å². The molecular formula is C13H21NO3. The van der Waals surface area contributed by atoms with Gasteiger partial charge in [-0.1, -0.05) is 12.2 Å². The van der Waals surface area contributed by atoms with Gasteiger partial charge in [-0.3, -0.25) is 9.59 Å². The molecule has 0 aromatic carbocycles. The molecule has 0 atom stereocenters. The smallest absolute Gasteiger partial charge is 0.311 e. The highest BCUT2D eigenvalue weighted by Gasteiger charge is 2.45. The fourth-order valence-electron chi connectivity index (χ4n) is 1.66. The number of carbonyl (C=O) groups is 2. The van der Waals surface area contributed by atoms with Crippen molar-refractivity contribution in [1.29, 1.82) is 0 Å². The molecule has 0 radical (unpaired) electrons. The minimum atomic E-state index is -1.01. The van der Waals surface area contributed by atoms with Gasteiger partial charge < -0.3 is 10.4 Å². The lowest BCUT2D eigenvalue weighted by atomic mass is 9.74. The fourth-order valence-corrected chi connectivity index (χ4v) is 1.66. The van der Waals surface area contributed by atoms with E-state index in [1.807, 2.05) is 12.2 Å². The number of hydrogen-bond acceptors (Lipinski definition) is 2. The van der Waals surface area contributed by atoms with Crippen LogP contribution >= 0.6 is 0 Å². The summed E-state index contributed by atoms with van der Waals surface area (Å²) >= 11 is 0. The average molecular weight is 239 g/mol. The number of carboxylic acids is 1. The third-order valence-electron chi connectivity index (χ3n) is 3.91. The third kappa shape index (κ3) is 2.68. The van der Waals surface area contributed by atoms with Crippen molar-refractivity contribution >= 4 is 11.9 Å². The van der Waals surface area contributed by atoms with Crippen LogP contribution in [0.1, 0.15) is 40.5 Å². The van der Waals surface area contributed by atoms with Gasteiger partial charge in [0, 0.05) is 11.5 Å². The Labute approximate surface area is 102 Å². The number of carbonyl (C=O) groups excluding carboxylic acids is 1. The van der Waals surface area contributed by atoms with E-state index < -0.39 is 16.9 Å². The first-order valence-corrected chi connectivity index (χ1v) is 5.89. The molecule has 0 bridgehead atoms. The highest BCUT2D eigenvalue weighted by molar-refractivity contribution is 5.82. The predicted octanol–water partition coefficient (Wildman–Crippen LogP) is 1.96. The number of nitrogens with one attached hydrogen (secondary N) is 1. The quantitative estimate of drug-likeness (QED) is 0.737. The lowest BCUT2D eigenvalue weighted by Gasteiger charge is -2.39. The van der Waals surface area contributed by atoms with E-state index in [1.165, 1.54) is 0 Å². The van der Waals surface area contributed by atoms with Crippen molar-refractivity contribution in [2.75, 3.05) is 0 Å². The summed E-state index contributed by atoms with van der Waals surface area (Å²) in [6.07, 6.45) is 5.46. The summed E-state index contributed by atoms with van der Waals surface area (Å²) in [5, 5.41) is 12.1. The van der Waals surface area contributed by atoms with Gasteiger partial charge in [-0.2, -0.15) is 0 Å². The van der Waals surface area contributed by atoms with Crippen LogP contribution in [0.4, 0.5) is 0 Å². The summed E-state index contributed by atoms with van der Waals surface area (Å²) in [5.41, 5.74) is -1.78. The number of hydrogen-bond donors (Lipinski definition) is 2. The van der Waals surface area contributed by atoms with Gasteiger partial charge in [0.05, 0.1) is 5.41 Å². The van der Waals surface area contributed by atoms with Gasteiger partial charge in [0.25, 0.3) is 0 Å². The Morgan fingerprint density at radius 2 is 1.65 bits per heavy atom. The maximum atomic E-state index is 12.0. The minimum absolute atomic E-state index is 0.0427. The van der Waals surface area contributed by atoms with Crippen LogP contribution in [0.15, 0.2) is 12.2 Å². The molecule has 96 valence electrons. The molecule has 1 aliphatic rings. The molecule has 0 unspecified atom stereocenters. The van der Waals surface area contributed by atoms with E-state index in [9.17, 15) is 14.7 Å². The topological polar surface area (TPSA) is 66.4 Å². The molecule has 0 saturated carbocycles. The van der Waals surface area contributed by atoms with Crippen LogP contribution in [-0.4, -0.2) is 22.5 Å². The van der Waals surface area contributed by atoms with Gasteiger partial charge in [0.2, 0.25) is 5.91 Å². The monoisotopic (exact) mass is 239 g/mol. The molecule has 1 amide bonds. The van der Waals surface area contributed by atoms with Gasteiger partial charge in [-0.05, 0) is 40.5 Å². The molecule has 4 nitrogen and oxygen atoms in total. The second-order valence-corrected chi connectivity index (χ2v) is 5.68. The lowest BCUT2D eigenvalue weighted by molar-refractivity contribution is -0.152. The van der Waals surface area contributed by atoms with Crippen molar-refractivity contribution in [3.05, 3.63) is 12.2 Å². The molecule has 4 heteroatoms. The summed E-state index contributed by atoms with van der Waals surface area (Å²) in [7, 11) is 0. The maximum Gasteiger partial charge on any atom is 0.311 e. The highest BCUT2D eigenvalue weighted by Crippen LogP contribution is 2.31. The van der Waals surface area contributed by atoms with Crippen LogP contribution in [0.5, 0.6) is 0 Å². The van der Waals surface area contributed by atoms with Crippen LogP contribution in [0, 0.1) is 11.3 Å². The van der Waals surface area contributed by atoms with Crippen molar-refractivity contribution in [2.24, 2.45) is 11.3 Å². The molecular weight excluding hydrogens is 218 g/mol. The minimum Gasteiger partial charge on any atom is -0.481 e. The molecule has 2 N–H and O–H groups in total. The zero-order valence-corrected chi connectivity index (χ0v) is 10.9. The zero-order valence-electron chi connectivity index (χ0n) is 10.9. The van der Waals surface area contributed by atoms with E-state index in [0.29, 0.717) is 0 Å². The van der Waals surface area contributed by atoms with E-state index in [4.69, 9.17) is 0 Å². The highest BCUT2D eigenvalue weighted by atomic mass is 16.4. The van der Waals surface area contributed by atoms with Crippen molar-refractivity contribution < 1.29 is 14.7 Å². The van der Waals surface area contributed by atoms with Gasteiger partial charge >= 0.3 is 5.97 Å². The van der Waals surface area contributed by atoms with Crippen molar-refractivity contribution in [2.45, 2.75) is 46.1 Å². The number of aliphatic carboxylic acids is 1. The first-order valence-electron chi connectivity index (χ1n) is 5.89. The van der Waals surface area contributed by atoms with Gasteiger partial charge in [0.1, 0.15) is 0 Å². The van der Waals surface area contributed by atoms with E-state index in [0.717, 1.165) is 12.8 Å². The first-order chi connectivity index (χ1) is 7.68. The largest absolute Gasteiger partial charge is 0.481 e. The Balaban J connectivity index is 2.72. The molecule has 0 spiro atoms. The molecule has 0 saturated heterocycles. The number of amides is 1. The Hall–Kier alpha value is -1.32. The van der Waals surface area contributed by atoms with Gasteiger partial charge in [-0.25, -0.2) is 0 Å². The Bertz CT molecular complexity index is 348. The Morgan fingerprint density at radius 1 is 1.18 bits per heavy atom. The summed E-state index contributed by atoms with van der Waals surface area (Å²) in [6, 6.07) is 0. The summed E-state index contributed by atoms with van der Waals surface area (Å²) in [6.45, 7) is 6.76. The molecule has 0 fully saturated rings. The predicted molar refractivity (Wildman–Crippen MR) is 65.5 cm³/mol. The van der Waals surface area contributed by atoms with E-state index >= 15 is 0 Å². The molecule has 1 aliphatic carbocycles. The first kappa shape index (κ1) is 13.7. The van der Waals surface area contributed by atoms with Crippen LogP contribution in [-0.2, 0) is 9.59 Å². The normalized spacial score (nSPS) is 17.2. The number of rotatable bonds is 4. The molecule has 0 heterocycles. The average Bonchev–Trinajstić information content (AvgIpc) is 2.68. The van der Waals surface area contributed by atoms with E-state index in [2.05, 4.69) is 5.32 Å². The Kier molecular flexibility index (Phi) is 3.65. The summed E-state index contributed by atoms with van der Waals surface area (Å²) in [5.74, 6) is -1.01. The third-order valence-corrected chi connectivity index (χ3v) is 3.91. The molecule has 1 rings (SSSR count). The van der Waals surface area contributed by atoms with Gasteiger partial charge in [-0.15, -0.1) is 0 Å². The fraction of sp³-hybridized carbons (Fsp3) is 0.692. The van der Waals surface area contributed by atoms with E-state index in [1.54, 1.807) is 27.7 Å². The maximum absolute atomic E-state index is 12.0. The number of allylic oxidation sites excluding steroid dienone is 2. The summed E-state index contributed by atoms with van der Waals surface area (Å²) < 4.78 is 0. The summed E-state index contributed by atoms with van der Waals surface area (Å²) in [4.78, 5) is 23.2. The molecule has 0 aromatic heterocycles. The second kappa shape index (κ2) is 4.51. The number of carboxylic acid groups (broad SMARTS) is 1. The zero-order chi connectivity index (χ0) is 13.3. The second-order valence-electron chi connectivity index (χ2n) is 5.68.